The van der Waals surface area contributed by atoms with E-state index in [1.54, 1.807) is 0 Å². The zero-order valence-corrected chi connectivity index (χ0v) is 117. The molecule has 16 nitrogen and oxygen atoms in total. The third kappa shape index (κ3) is 112. The van der Waals surface area contributed by atoms with Gasteiger partial charge in [0, 0.05) is 201 Å². The van der Waals surface area contributed by atoms with E-state index >= 15 is 0 Å². The molecule has 0 saturated carbocycles. The standard InChI is InChI=1S/4C11H18N4.8I3.4I2/c4*1-2-10-8-13-6-4-12-5-7-14-9-11(3-1)15-10;8*1-3-2;4*1-2/h4*1-3,12-14H,4-9H2;;;;;;;;;;;;/q;;;;8*-1;;;;/p+8. The first-order valence-electron chi connectivity index (χ1n) is 25.8. The number of nitrogens with one attached hydrogen (secondary N) is 4. The summed E-state index contributed by atoms with van der Waals surface area (Å²) in [5.41, 5.74) is 9.57. The second kappa shape index (κ2) is 124. The van der Waals surface area contributed by atoms with Gasteiger partial charge in [0.15, 0.2) is 0 Å². The van der Waals surface area contributed by atoms with Crippen molar-refractivity contribution in [2.24, 2.45) is 0 Å². The molecule has 560 valence electrons. The normalized spacial score (nSPS) is 14.5. The Morgan fingerprint density at radius 3 is 0.413 bits per heavy atom. The van der Waals surface area contributed by atoms with Crippen molar-refractivity contribution in [1.29, 1.82) is 0 Å². The van der Waals surface area contributed by atoms with Crippen LogP contribution >= 0.6 is 447 Å². The SMILES string of the molecule is II.II.II.II.I[I-]I.I[I-]I.I[I-]I.I[I-]I.I[I-]I.I[I-]I.I[I-]I.I[I-]I.c1cc2nc(c1)C[NH2+]CCNCC[NH2+]C2.c1cc2nc(c1)C[NH2+]CCNCC[NH2+]C2.c1cc2nc(c1)C[NH2+]CCNCC[NH2+]C2.c1cc2nc(c1)C[NH2+]CCNCC[NH2+]C2. The van der Waals surface area contributed by atoms with E-state index < -0.39 is 0 Å². The molecule has 8 heterocycles. The maximum atomic E-state index is 4.62. The molecule has 4 aliphatic rings. The van der Waals surface area contributed by atoms with E-state index in [1.807, 2.05) is 0 Å². The fourth-order valence-corrected chi connectivity index (χ4v) is 7.16. The summed E-state index contributed by atoms with van der Waals surface area (Å²) in [6.45, 7) is 25.7. The van der Waals surface area contributed by atoms with Gasteiger partial charge in [-0.1, -0.05) is 24.3 Å². The zero-order valence-electron chi connectivity index (χ0n) is 48.4. The fraction of sp³-hybridized carbons (Fsp3) is 0.545. The molecule has 0 aliphatic carbocycles. The number of nitrogens with zero attached hydrogens (tertiary/aromatic N) is 4. The molecule has 4 aliphatic heterocycles. The van der Waals surface area contributed by atoms with Crippen molar-refractivity contribution >= 4 is 447 Å². The summed E-state index contributed by atoms with van der Waals surface area (Å²) in [4.78, 5) is 18.5. The maximum Gasteiger partial charge on any atom is 0.119 e. The van der Waals surface area contributed by atoms with E-state index in [-0.39, 0.29) is 0 Å². The Morgan fingerprint density at radius 2 is 0.315 bits per heavy atom. The average molecular weight is 4890 g/mol. The summed E-state index contributed by atoms with van der Waals surface area (Å²) in [5.74, 6) is 0. The quantitative estimate of drug-likeness (QED) is 0.0756. The summed E-state index contributed by atoms with van der Waals surface area (Å²) >= 11 is 59.4. The Morgan fingerprint density at radius 1 is 0.217 bits per heavy atom. The third-order valence-corrected chi connectivity index (χ3v) is 10.5. The van der Waals surface area contributed by atoms with E-state index in [1.165, 1.54) is 45.6 Å². The first-order valence-corrected chi connectivity index (χ1v) is 152. The third-order valence-electron chi connectivity index (χ3n) is 10.5. The van der Waals surface area contributed by atoms with Crippen LogP contribution in [-0.2, 0) is 52.4 Å². The molecule has 4 aromatic rings. The number of pyridine rings is 4. The number of hydrogen-bond donors (Lipinski definition) is 12. The van der Waals surface area contributed by atoms with Crippen molar-refractivity contribution in [3.05, 3.63) is 118 Å². The predicted molar refractivity (Wildman–Crippen MR) is 569 cm³/mol. The van der Waals surface area contributed by atoms with Gasteiger partial charge in [0.25, 0.3) is 0 Å². The number of rotatable bonds is 0. The van der Waals surface area contributed by atoms with Crippen molar-refractivity contribution in [1.82, 2.24) is 41.2 Å². The van der Waals surface area contributed by atoms with Crippen LogP contribution in [0.5, 0.6) is 0 Å². The maximum absolute atomic E-state index is 4.62. The molecular weight excluding hydrogens is 4810 g/mol. The van der Waals surface area contributed by atoms with E-state index in [9.17, 15) is 0 Å². The van der Waals surface area contributed by atoms with Gasteiger partial charge in [-0.2, -0.15) is 0 Å². The van der Waals surface area contributed by atoms with Crippen LogP contribution < -0.4 is 170 Å². The summed E-state index contributed by atoms with van der Waals surface area (Å²) in [6, 6.07) is 25.3. The topological polar surface area (TPSA) is 233 Å². The minimum Gasteiger partial charge on any atom is -0.340 e. The number of fused-ring (bicyclic) bond motifs is 8. The van der Waals surface area contributed by atoms with Gasteiger partial charge in [-0.3, -0.25) is 0 Å². The van der Waals surface area contributed by atoms with Crippen molar-refractivity contribution in [3.63, 3.8) is 0 Å². The van der Waals surface area contributed by atoms with Crippen LogP contribution in [0.2, 0.25) is 0 Å². The smallest absolute Gasteiger partial charge is 0.119 e. The Bertz CT molecular complexity index is 1540. The van der Waals surface area contributed by atoms with Gasteiger partial charge in [0.2, 0.25) is 0 Å². The summed E-state index contributed by atoms with van der Waals surface area (Å²) < 4.78 is 0. The molecule has 0 spiro atoms. The molecule has 0 atom stereocenters. The van der Waals surface area contributed by atoms with E-state index in [2.05, 4.69) is 603 Å². The van der Waals surface area contributed by atoms with Crippen LogP contribution in [0.25, 0.3) is 0 Å². The predicted octanol–water partition coefficient (Wildman–Crippen LogP) is -11.5. The Labute approximate surface area is 884 Å². The number of quaternary nitrogens is 8. The number of hydrogen-bond acceptors (Lipinski definition) is 8. The van der Waals surface area contributed by atoms with Gasteiger partial charge >= 0.3 is 404 Å². The fourth-order valence-electron chi connectivity index (χ4n) is 7.16. The van der Waals surface area contributed by atoms with Gasteiger partial charge < -0.3 is 63.8 Å². The van der Waals surface area contributed by atoms with Crippen molar-refractivity contribution in [2.75, 3.05) is 105 Å². The first kappa shape index (κ1) is 127. The van der Waals surface area contributed by atoms with Gasteiger partial charge in [0.05, 0.1) is 97.9 Å². The number of nitrogens with two attached hydrogens (primary N) is 8. The molecule has 0 unspecified atom stereocenters. The van der Waals surface area contributed by atoms with Crippen molar-refractivity contribution in [3.8, 4) is 0 Å². The summed E-state index contributed by atoms with van der Waals surface area (Å²) in [5, 5.41) is 32.2. The number of aromatic nitrogens is 4. The van der Waals surface area contributed by atoms with Gasteiger partial charge in [-0.05, 0) is 48.5 Å². The Balaban J connectivity index is -0.000000148. The van der Waals surface area contributed by atoms with Gasteiger partial charge in [-0.25, -0.2) is 19.9 Å². The average Bonchev–Trinajstić information content (AvgIpc) is 3.20. The molecule has 8 rings (SSSR count). The van der Waals surface area contributed by atoms with Gasteiger partial charge in [0.1, 0.15) is 52.4 Å². The molecule has 8 bridgehead atoms. The van der Waals surface area contributed by atoms with Crippen LogP contribution in [0.3, 0.4) is 0 Å². The van der Waals surface area contributed by atoms with Crippen LogP contribution in [0.4, 0.5) is 0 Å². The van der Waals surface area contributed by atoms with Crippen LogP contribution in [0.1, 0.15) is 45.6 Å². The second-order valence-electron chi connectivity index (χ2n) is 16.2. The van der Waals surface area contributed by atoms with E-state index in [0.717, 1.165) is 157 Å². The molecule has 0 fully saturated rings. The number of halogens is 32. The molecule has 0 saturated heterocycles. The largest absolute Gasteiger partial charge is 0.340 e. The van der Waals surface area contributed by atoms with E-state index in [4.69, 9.17) is 0 Å². The summed E-state index contributed by atoms with van der Waals surface area (Å²) in [6.07, 6.45) is 0. The molecular formula is C44H80I32N16. The molecule has 4 aromatic heterocycles. The first-order chi connectivity index (χ1) is 45.1. The van der Waals surface area contributed by atoms with Crippen LogP contribution in [0.15, 0.2) is 72.8 Å². The molecule has 0 amide bonds. The monoisotopic (exact) mass is 4890 g/mol. The van der Waals surface area contributed by atoms with Gasteiger partial charge in [-0.15, -0.1) is 0 Å². The minimum absolute atomic E-state index is 0.530. The molecule has 92 heavy (non-hydrogen) atoms. The van der Waals surface area contributed by atoms with Crippen molar-refractivity contribution < 1.29 is 149 Å². The van der Waals surface area contributed by atoms with Crippen LogP contribution in [-0.4, -0.2) is 125 Å². The van der Waals surface area contributed by atoms with Crippen molar-refractivity contribution in [2.45, 2.75) is 52.4 Å². The minimum atomic E-state index is 0.530. The Kier molecular flexibility index (Phi) is 171. The molecule has 20 N–H and O–H groups in total. The van der Waals surface area contributed by atoms with Crippen LogP contribution in [0, 0.1) is 0 Å². The summed E-state index contributed by atoms with van der Waals surface area (Å²) in [7, 11) is 0. The molecule has 0 aromatic carbocycles. The zero-order chi connectivity index (χ0) is 71.0. The Hall–Kier alpha value is 19.5. The van der Waals surface area contributed by atoms with E-state index in [0.29, 0.717) is 106 Å². The molecule has 0 radical (unpaired) electrons. The second-order valence-corrected chi connectivity index (χ2v) is 146. The molecule has 48 heteroatoms.